The van der Waals surface area contributed by atoms with Crippen LogP contribution in [0.25, 0.3) is 11.4 Å². The number of carbonyl (C=O) groups is 1. The van der Waals surface area contributed by atoms with Crippen molar-refractivity contribution < 1.29 is 4.79 Å². The third kappa shape index (κ3) is 4.99. The molecule has 4 rings (SSSR count). The molecule has 1 aliphatic heterocycles. The Labute approximate surface area is 173 Å². The van der Waals surface area contributed by atoms with Crippen molar-refractivity contribution >= 4 is 5.91 Å². The van der Waals surface area contributed by atoms with E-state index in [-0.39, 0.29) is 17.4 Å². The minimum Gasteiger partial charge on any atom is -0.348 e. The van der Waals surface area contributed by atoms with Gasteiger partial charge in [-0.15, -0.1) is 0 Å². The Morgan fingerprint density at radius 2 is 2.00 bits per heavy atom. The Hall–Kier alpha value is -2.34. The second-order valence-electron chi connectivity index (χ2n) is 9.19. The van der Waals surface area contributed by atoms with Crippen LogP contribution in [0.1, 0.15) is 63.3 Å². The molecule has 0 spiro atoms. The molecule has 0 aromatic carbocycles. The quantitative estimate of drug-likeness (QED) is 0.860. The summed E-state index contributed by atoms with van der Waals surface area (Å²) in [6.45, 7) is 7.03. The van der Waals surface area contributed by atoms with Crippen molar-refractivity contribution in [3.05, 3.63) is 42.0 Å². The van der Waals surface area contributed by atoms with Gasteiger partial charge in [-0.05, 0) is 56.3 Å². The maximum Gasteiger partial charge on any atom is 0.234 e. The number of likely N-dealkylation sites (tertiary alicyclic amines) is 1. The summed E-state index contributed by atoms with van der Waals surface area (Å²) in [4.78, 5) is 28.7. The minimum absolute atomic E-state index is 0.0313. The van der Waals surface area contributed by atoms with Crippen LogP contribution in [0.3, 0.4) is 0 Å². The van der Waals surface area contributed by atoms with Crippen LogP contribution in [0.4, 0.5) is 0 Å². The van der Waals surface area contributed by atoms with E-state index in [0.717, 1.165) is 42.8 Å². The Balaban J connectivity index is 1.51. The lowest BCUT2D eigenvalue weighted by molar-refractivity contribution is -0.123. The van der Waals surface area contributed by atoms with Crippen molar-refractivity contribution in [3.63, 3.8) is 0 Å². The summed E-state index contributed by atoms with van der Waals surface area (Å²) >= 11 is 0. The molecule has 3 heterocycles. The van der Waals surface area contributed by atoms with E-state index >= 15 is 0 Å². The molecular formula is C23H31N5O. The van der Waals surface area contributed by atoms with Gasteiger partial charge in [0, 0.05) is 29.7 Å². The highest BCUT2D eigenvalue weighted by Gasteiger charge is 2.34. The van der Waals surface area contributed by atoms with Crippen LogP contribution in [0, 0.1) is 5.41 Å². The van der Waals surface area contributed by atoms with Crippen LogP contribution < -0.4 is 5.32 Å². The third-order valence-electron chi connectivity index (χ3n) is 6.00. The molecular weight excluding hydrogens is 362 g/mol. The largest absolute Gasteiger partial charge is 0.348 e. The Morgan fingerprint density at radius 3 is 2.72 bits per heavy atom. The molecule has 1 aliphatic carbocycles. The van der Waals surface area contributed by atoms with Crippen molar-refractivity contribution in [1.82, 2.24) is 25.2 Å². The van der Waals surface area contributed by atoms with E-state index in [2.05, 4.69) is 34.0 Å². The summed E-state index contributed by atoms with van der Waals surface area (Å²) < 4.78 is 0. The zero-order valence-electron chi connectivity index (χ0n) is 17.5. The fraction of sp³-hybridized carbons (Fsp3) is 0.565. The molecule has 154 valence electrons. The molecule has 2 aliphatic rings. The first-order valence-electron chi connectivity index (χ1n) is 10.8. The number of fused-ring (bicyclic) bond motifs is 1. The third-order valence-corrected chi connectivity index (χ3v) is 6.00. The second-order valence-corrected chi connectivity index (χ2v) is 9.19. The first-order valence-corrected chi connectivity index (χ1v) is 10.8. The average molecular weight is 394 g/mol. The summed E-state index contributed by atoms with van der Waals surface area (Å²) in [6, 6.07) is 3.84. The number of nitrogens with one attached hydrogen (secondary N) is 1. The molecule has 1 saturated heterocycles. The van der Waals surface area contributed by atoms with Crippen LogP contribution in [0.15, 0.2) is 30.7 Å². The van der Waals surface area contributed by atoms with Gasteiger partial charge in [-0.2, -0.15) is 0 Å². The molecule has 1 amide bonds. The van der Waals surface area contributed by atoms with Crippen LogP contribution in [-0.4, -0.2) is 45.4 Å². The molecule has 0 bridgehead atoms. The topological polar surface area (TPSA) is 71.0 Å². The zero-order valence-corrected chi connectivity index (χ0v) is 17.5. The lowest BCUT2D eigenvalue weighted by Gasteiger charge is -2.36. The van der Waals surface area contributed by atoms with Gasteiger partial charge in [0.2, 0.25) is 5.91 Å². The first-order chi connectivity index (χ1) is 14.0. The number of rotatable bonds is 4. The standard InChI is InChI=1S/C23H31N5O/c1-23(2)12-19(26-21(29)16-28-10-5-3-4-6-11-28)18-15-25-22(27-20(18)13-23)17-8-7-9-24-14-17/h7-9,14-15,19H,3-6,10-13,16H2,1-2H3,(H,26,29). The van der Waals surface area contributed by atoms with Crippen molar-refractivity contribution in [2.45, 2.75) is 58.4 Å². The van der Waals surface area contributed by atoms with Gasteiger partial charge in [-0.25, -0.2) is 9.97 Å². The molecule has 0 saturated carbocycles. The zero-order chi connectivity index (χ0) is 20.3. The van der Waals surface area contributed by atoms with E-state index in [0.29, 0.717) is 12.4 Å². The predicted octanol–water partition coefficient (Wildman–Crippen LogP) is 3.54. The van der Waals surface area contributed by atoms with E-state index in [1.807, 2.05) is 18.3 Å². The first kappa shape index (κ1) is 20.0. The number of aromatic nitrogens is 3. The Morgan fingerprint density at radius 1 is 1.21 bits per heavy atom. The van der Waals surface area contributed by atoms with Crippen molar-refractivity contribution in [1.29, 1.82) is 0 Å². The van der Waals surface area contributed by atoms with Gasteiger partial charge < -0.3 is 5.32 Å². The molecule has 1 fully saturated rings. The van der Waals surface area contributed by atoms with E-state index in [9.17, 15) is 4.79 Å². The van der Waals surface area contributed by atoms with Gasteiger partial charge in [0.1, 0.15) is 0 Å². The van der Waals surface area contributed by atoms with Crippen molar-refractivity contribution in [3.8, 4) is 11.4 Å². The molecule has 29 heavy (non-hydrogen) atoms. The predicted molar refractivity (Wildman–Crippen MR) is 113 cm³/mol. The molecule has 6 nitrogen and oxygen atoms in total. The monoisotopic (exact) mass is 393 g/mol. The van der Waals surface area contributed by atoms with Gasteiger partial charge in [0.25, 0.3) is 0 Å². The van der Waals surface area contributed by atoms with Crippen molar-refractivity contribution in [2.75, 3.05) is 19.6 Å². The number of hydrogen-bond donors (Lipinski definition) is 1. The number of hydrogen-bond acceptors (Lipinski definition) is 5. The number of pyridine rings is 1. The summed E-state index contributed by atoms with van der Waals surface area (Å²) in [7, 11) is 0. The highest BCUT2D eigenvalue weighted by atomic mass is 16.2. The van der Waals surface area contributed by atoms with E-state index < -0.39 is 0 Å². The maximum absolute atomic E-state index is 12.8. The molecule has 1 N–H and O–H groups in total. The molecule has 6 heteroatoms. The summed E-state index contributed by atoms with van der Waals surface area (Å²) in [5.74, 6) is 0.807. The molecule has 2 aromatic heterocycles. The van der Waals surface area contributed by atoms with Crippen LogP contribution in [-0.2, 0) is 11.2 Å². The summed E-state index contributed by atoms with van der Waals surface area (Å²) in [5, 5.41) is 3.28. The van der Waals surface area contributed by atoms with E-state index in [1.54, 1.807) is 12.4 Å². The second kappa shape index (κ2) is 8.57. The smallest absolute Gasteiger partial charge is 0.234 e. The number of amides is 1. The Bertz CT molecular complexity index is 844. The normalized spacial score (nSPS) is 21.8. The van der Waals surface area contributed by atoms with Crippen molar-refractivity contribution in [2.24, 2.45) is 5.41 Å². The highest BCUT2D eigenvalue weighted by Crippen LogP contribution is 2.40. The van der Waals surface area contributed by atoms with E-state index in [4.69, 9.17) is 4.98 Å². The van der Waals surface area contributed by atoms with Gasteiger partial charge in [0.15, 0.2) is 5.82 Å². The molecule has 1 atom stereocenters. The van der Waals surface area contributed by atoms with Gasteiger partial charge >= 0.3 is 0 Å². The van der Waals surface area contributed by atoms with Gasteiger partial charge in [-0.1, -0.05) is 26.7 Å². The fourth-order valence-electron chi connectivity index (χ4n) is 4.55. The van der Waals surface area contributed by atoms with Crippen LogP contribution in [0.5, 0.6) is 0 Å². The molecule has 1 unspecified atom stereocenters. The van der Waals surface area contributed by atoms with Crippen LogP contribution in [0.2, 0.25) is 0 Å². The maximum atomic E-state index is 12.8. The lowest BCUT2D eigenvalue weighted by atomic mass is 9.74. The number of nitrogens with zero attached hydrogens (tertiary/aromatic N) is 4. The Kier molecular flexibility index (Phi) is 5.90. The lowest BCUT2D eigenvalue weighted by Crippen LogP contribution is -2.42. The summed E-state index contributed by atoms with van der Waals surface area (Å²) in [5.41, 5.74) is 3.09. The molecule has 2 aromatic rings. The van der Waals surface area contributed by atoms with Gasteiger partial charge in [0.05, 0.1) is 18.3 Å². The fourth-order valence-corrected chi connectivity index (χ4v) is 4.55. The highest BCUT2D eigenvalue weighted by molar-refractivity contribution is 5.78. The van der Waals surface area contributed by atoms with Crippen LogP contribution >= 0.6 is 0 Å². The van der Waals surface area contributed by atoms with Gasteiger partial charge in [-0.3, -0.25) is 14.7 Å². The van der Waals surface area contributed by atoms with E-state index in [1.165, 1.54) is 25.7 Å². The average Bonchev–Trinajstić information content (AvgIpc) is 2.96. The SMILES string of the molecule is CC1(C)Cc2nc(-c3cccnc3)ncc2C(NC(=O)CN2CCCCCC2)C1. The minimum atomic E-state index is -0.0313. The summed E-state index contributed by atoms with van der Waals surface area (Å²) in [6.07, 6.45) is 12.2. The molecule has 0 radical (unpaired) electrons. The number of carbonyl (C=O) groups excluding carboxylic acids is 1.